The summed E-state index contributed by atoms with van der Waals surface area (Å²) in [6, 6.07) is 4.36. The maximum absolute atomic E-state index is 11.2. The number of nitrogens with zero attached hydrogens (tertiary/aromatic N) is 1. The van der Waals surface area contributed by atoms with Gasteiger partial charge in [0.1, 0.15) is 0 Å². The molecule has 1 aromatic rings. The number of hydrogen-bond donors (Lipinski definition) is 2. The van der Waals surface area contributed by atoms with Gasteiger partial charge in [-0.1, -0.05) is 6.07 Å². The van der Waals surface area contributed by atoms with Gasteiger partial charge in [-0.25, -0.2) is 0 Å². The molecule has 0 aromatic heterocycles. The second-order valence-electron chi connectivity index (χ2n) is 3.31. The fraction of sp³-hybridized carbons (Fsp3) is 0.182. The van der Waals surface area contributed by atoms with Crippen molar-refractivity contribution in [2.24, 2.45) is 0 Å². The van der Waals surface area contributed by atoms with Gasteiger partial charge in [-0.3, -0.25) is 4.79 Å². The number of phenolic OH excluding ortho intramolecular Hbond substituents is 2. The van der Waals surface area contributed by atoms with E-state index in [-0.39, 0.29) is 17.4 Å². The Morgan fingerprint density at radius 3 is 2.47 bits per heavy atom. The van der Waals surface area contributed by atoms with Gasteiger partial charge in [0.2, 0.25) is 5.91 Å². The zero-order chi connectivity index (χ0) is 11.4. The van der Waals surface area contributed by atoms with Gasteiger partial charge in [0.15, 0.2) is 11.5 Å². The molecule has 0 aliphatic heterocycles. The fourth-order valence-corrected chi connectivity index (χ4v) is 0.961. The van der Waals surface area contributed by atoms with Crippen molar-refractivity contribution < 1.29 is 15.0 Å². The van der Waals surface area contributed by atoms with E-state index in [1.165, 1.54) is 23.1 Å². The summed E-state index contributed by atoms with van der Waals surface area (Å²) in [6.45, 7) is 0. The zero-order valence-corrected chi connectivity index (χ0v) is 8.64. The van der Waals surface area contributed by atoms with Crippen LogP contribution >= 0.6 is 0 Å². The molecule has 15 heavy (non-hydrogen) atoms. The Balaban J connectivity index is 2.81. The maximum Gasteiger partial charge on any atom is 0.246 e. The van der Waals surface area contributed by atoms with Crippen molar-refractivity contribution in [2.45, 2.75) is 0 Å². The molecule has 4 nitrogen and oxygen atoms in total. The molecule has 0 bridgehead atoms. The molecule has 0 atom stereocenters. The molecule has 0 fully saturated rings. The van der Waals surface area contributed by atoms with Crippen LogP contribution in [0.1, 0.15) is 5.56 Å². The zero-order valence-electron chi connectivity index (χ0n) is 8.64. The van der Waals surface area contributed by atoms with Crippen molar-refractivity contribution in [3.63, 3.8) is 0 Å². The molecule has 0 saturated heterocycles. The summed E-state index contributed by atoms with van der Waals surface area (Å²) in [4.78, 5) is 12.6. The highest BCUT2D eigenvalue weighted by Crippen LogP contribution is 2.25. The number of hydrogen-bond acceptors (Lipinski definition) is 3. The Bertz CT molecular complexity index is 397. The van der Waals surface area contributed by atoms with E-state index in [0.29, 0.717) is 5.56 Å². The highest BCUT2D eigenvalue weighted by atomic mass is 16.3. The molecular weight excluding hydrogens is 194 g/mol. The van der Waals surface area contributed by atoms with Crippen molar-refractivity contribution in [3.8, 4) is 11.5 Å². The summed E-state index contributed by atoms with van der Waals surface area (Å²) in [7, 11) is 3.31. The molecule has 1 amide bonds. The largest absolute Gasteiger partial charge is 0.504 e. The summed E-state index contributed by atoms with van der Waals surface area (Å²) in [6.07, 6.45) is 2.97. The molecule has 80 valence electrons. The van der Waals surface area contributed by atoms with Crippen LogP contribution in [-0.2, 0) is 4.79 Å². The van der Waals surface area contributed by atoms with E-state index in [1.54, 1.807) is 26.2 Å². The lowest BCUT2D eigenvalue weighted by atomic mass is 10.2. The number of benzene rings is 1. The molecule has 0 radical (unpaired) electrons. The molecule has 0 aliphatic carbocycles. The molecule has 0 spiro atoms. The molecule has 4 heteroatoms. The summed E-state index contributed by atoms with van der Waals surface area (Å²) in [5, 5.41) is 18.3. The summed E-state index contributed by atoms with van der Waals surface area (Å²) in [5.41, 5.74) is 0.653. The highest BCUT2D eigenvalue weighted by molar-refractivity contribution is 5.91. The first-order chi connectivity index (χ1) is 7.00. The van der Waals surface area contributed by atoms with Crippen LogP contribution in [-0.4, -0.2) is 35.1 Å². The van der Waals surface area contributed by atoms with E-state index in [4.69, 9.17) is 5.11 Å². The van der Waals surface area contributed by atoms with Crippen molar-refractivity contribution >= 4 is 12.0 Å². The van der Waals surface area contributed by atoms with Gasteiger partial charge >= 0.3 is 0 Å². The third kappa shape index (κ3) is 3.02. The molecule has 0 aliphatic rings. The minimum atomic E-state index is -0.200. The van der Waals surface area contributed by atoms with E-state index in [2.05, 4.69) is 0 Å². The second kappa shape index (κ2) is 4.50. The molecule has 1 aromatic carbocycles. The topological polar surface area (TPSA) is 60.8 Å². The first-order valence-electron chi connectivity index (χ1n) is 4.42. The van der Waals surface area contributed by atoms with Crippen LogP contribution < -0.4 is 0 Å². The smallest absolute Gasteiger partial charge is 0.246 e. The molecular formula is C11H13NO3. The van der Waals surface area contributed by atoms with Crippen molar-refractivity contribution in [1.29, 1.82) is 0 Å². The van der Waals surface area contributed by atoms with Gasteiger partial charge in [-0.05, 0) is 23.8 Å². The van der Waals surface area contributed by atoms with Crippen molar-refractivity contribution in [2.75, 3.05) is 14.1 Å². The molecule has 0 unspecified atom stereocenters. The molecule has 1 rings (SSSR count). The lowest BCUT2D eigenvalue weighted by Gasteiger charge is -2.05. The van der Waals surface area contributed by atoms with Gasteiger partial charge < -0.3 is 15.1 Å². The van der Waals surface area contributed by atoms with Crippen LogP contribution in [0.5, 0.6) is 11.5 Å². The monoisotopic (exact) mass is 207 g/mol. The Morgan fingerprint density at radius 1 is 1.27 bits per heavy atom. The molecule has 2 N–H and O–H groups in total. The second-order valence-corrected chi connectivity index (χ2v) is 3.31. The molecule has 0 saturated carbocycles. The van der Waals surface area contributed by atoms with Crippen LogP contribution in [0.3, 0.4) is 0 Å². The van der Waals surface area contributed by atoms with Crippen LogP contribution in [0.4, 0.5) is 0 Å². The predicted octanol–water partition coefficient (Wildman–Crippen LogP) is 1.20. The van der Waals surface area contributed by atoms with Crippen LogP contribution in [0.15, 0.2) is 24.3 Å². The number of amides is 1. The quantitative estimate of drug-likeness (QED) is 0.566. The average Bonchev–Trinajstić information content (AvgIpc) is 2.19. The van der Waals surface area contributed by atoms with Crippen LogP contribution in [0.2, 0.25) is 0 Å². The van der Waals surface area contributed by atoms with Gasteiger partial charge in [0.25, 0.3) is 0 Å². The van der Waals surface area contributed by atoms with E-state index >= 15 is 0 Å². The highest BCUT2D eigenvalue weighted by Gasteiger charge is 2.00. The predicted molar refractivity (Wildman–Crippen MR) is 57.5 cm³/mol. The van der Waals surface area contributed by atoms with Crippen LogP contribution in [0.25, 0.3) is 6.08 Å². The standard InChI is InChI=1S/C11H13NO3/c1-12(2)11(15)6-4-8-3-5-9(13)10(14)7-8/h3-7,13-14H,1-2H3/b6-4+. The number of phenols is 2. The van der Waals surface area contributed by atoms with Gasteiger partial charge in [0.05, 0.1) is 0 Å². The normalized spacial score (nSPS) is 10.5. The Labute approximate surface area is 88.1 Å². The lowest BCUT2D eigenvalue weighted by Crippen LogP contribution is -2.18. The van der Waals surface area contributed by atoms with Crippen molar-refractivity contribution in [3.05, 3.63) is 29.8 Å². The van der Waals surface area contributed by atoms with E-state index in [0.717, 1.165) is 0 Å². The number of rotatable bonds is 2. The first kappa shape index (κ1) is 11.1. The minimum Gasteiger partial charge on any atom is -0.504 e. The fourth-order valence-electron chi connectivity index (χ4n) is 0.961. The molecule has 0 heterocycles. The summed E-state index contributed by atoms with van der Waals surface area (Å²) >= 11 is 0. The van der Waals surface area contributed by atoms with Gasteiger partial charge in [-0.15, -0.1) is 0 Å². The number of carbonyl (C=O) groups excluding carboxylic acids is 1. The summed E-state index contributed by atoms with van der Waals surface area (Å²) < 4.78 is 0. The number of aromatic hydroxyl groups is 2. The Hall–Kier alpha value is -1.97. The van der Waals surface area contributed by atoms with Gasteiger partial charge in [-0.2, -0.15) is 0 Å². The van der Waals surface area contributed by atoms with E-state index in [9.17, 15) is 9.90 Å². The first-order valence-corrected chi connectivity index (χ1v) is 4.42. The van der Waals surface area contributed by atoms with Crippen LogP contribution in [0, 0.1) is 0 Å². The minimum absolute atomic E-state index is 0.137. The number of carbonyl (C=O) groups is 1. The number of likely N-dealkylation sites (N-methyl/N-ethyl adjacent to an activating group) is 1. The third-order valence-corrected chi connectivity index (χ3v) is 1.86. The summed E-state index contributed by atoms with van der Waals surface area (Å²) in [5.74, 6) is -0.511. The van der Waals surface area contributed by atoms with Gasteiger partial charge in [0, 0.05) is 20.2 Å². The van der Waals surface area contributed by atoms with E-state index < -0.39 is 0 Å². The maximum atomic E-state index is 11.2. The SMILES string of the molecule is CN(C)C(=O)/C=C/c1ccc(O)c(O)c1. The lowest BCUT2D eigenvalue weighted by molar-refractivity contribution is -0.123. The Kier molecular flexibility index (Phi) is 3.33. The van der Waals surface area contributed by atoms with Crippen molar-refractivity contribution in [1.82, 2.24) is 4.90 Å². The third-order valence-electron chi connectivity index (χ3n) is 1.86. The Morgan fingerprint density at radius 2 is 1.93 bits per heavy atom. The average molecular weight is 207 g/mol. The van der Waals surface area contributed by atoms with E-state index in [1.807, 2.05) is 0 Å².